The maximum Gasteiger partial charge on any atom is 0.180 e. The minimum Gasteiger partial charge on any atom is -0.301 e. The standard InChI is InChI=1S/C13H14N2O2/c1-3-10-4-5-12-11(8-10)13(9(2)17)14-15(12)6-7-16/h4-5,7-8H,3,6H2,1-2H3. The van der Waals surface area contributed by atoms with Gasteiger partial charge in [-0.2, -0.15) is 5.10 Å². The van der Waals surface area contributed by atoms with Gasteiger partial charge in [-0.3, -0.25) is 9.48 Å². The molecule has 88 valence electrons. The van der Waals surface area contributed by atoms with Crippen LogP contribution >= 0.6 is 0 Å². The Morgan fingerprint density at radius 2 is 2.24 bits per heavy atom. The number of rotatable bonds is 4. The minimum atomic E-state index is -0.0760. The van der Waals surface area contributed by atoms with Crippen LogP contribution in [0.2, 0.25) is 0 Å². The summed E-state index contributed by atoms with van der Waals surface area (Å²) in [7, 11) is 0. The highest BCUT2D eigenvalue weighted by Gasteiger charge is 2.13. The number of carbonyl (C=O) groups is 2. The minimum absolute atomic E-state index is 0.0760. The van der Waals surface area contributed by atoms with Crippen LogP contribution in [0.5, 0.6) is 0 Å². The van der Waals surface area contributed by atoms with Gasteiger partial charge in [0.05, 0.1) is 12.1 Å². The summed E-state index contributed by atoms with van der Waals surface area (Å²) in [5.74, 6) is -0.0760. The molecule has 0 bridgehead atoms. The number of benzene rings is 1. The average molecular weight is 230 g/mol. The Morgan fingerprint density at radius 3 is 2.82 bits per heavy atom. The lowest BCUT2D eigenvalue weighted by Crippen LogP contribution is -2.02. The molecule has 0 saturated heterocycles. The van der Waals surface area contributed by atoms with Gasteiger partial charge < -0.3 is 4.79 Å². The largest absolute Gasteiger partial charge is 0.301 e. The van der Waals surface area contributed by atoms with Crippen LogP contribution in [0.15, 0.2) is 18.2 Å². The van der Waals surface area contributed by atoms with E-state index < -0.39 is 0 Å². The van der Waals surface area contributed by atoms with Crippen molar-refractivity contribution >= 4 is 23.0 Å². The number of nitrogens with zero attached hydrogens (tertiary/aromatic N) is 2. The molecule has 0 aliphatic rings. The smallest absolute Gasteiger partial charge is 0.180 e. The second-order valence-corrected chi connectivity index (χ2v) is 3.96. The molecule has 0 spiro atoms. The number of aromatic nitrogens is 2. The average Bonchev–Trinajstić information content (AvgIpc) is 2.68. The summed E-state index contributed by atoms with van der Waals surface area (Å²) in [6.45, 7) is 3.73. The Kier molecular flexibility index (Phi) is 3.04. The van der Waals surface area contributed by atoms with Crippen molar-refractivity contribution in [3.05, 3.63) is 29.5 Å². The Hall–Kier alpha value is -1.97. The molecule has 0 aliphatic carbocycles. The van der Waals surface area contributed by atoms with Crippen LogP contribution in [0.3, 0.4) is 0 Å². The molecule has 1 heterocycles. The van der Waals surface area contributed by atoms with Crippen molar-refractivity contribution < 1.29 is 9.59 Å². The van der Waals surface area contributed by atoms with Crippen LogP contribution in [0.25, 0.3) is 10.9 Å². The molecular formula is C13H14N2O2. The molecule has 2 aromatic rings. The summed E-state index contributed by atoms with van der Waals surface area (Å²) < 4.78 is 1.57. The van der Waals surface area contributed by atoms with E-state index in [0.29, 0.717) is 5.69 Å². The predicted molar refractivity (Wildman–Crippen MR) is 65.2 cm³/mol. The molecule has 1 aromatic carbocycles. The van der Waals surface area contributed by atoms with E-state index in [9.17, 15) is 9.59 Å². The van der Waals surface area contributed by atoms with Gasteiger partial charge in [0.25, 0.3) is 0 Å². The fourth-order valence-corrected chi connectivity index (χ4v) is 1.92. The van der Waals surface area contributed by atoms with E-state index in [4.69, 9.17) is 0 Å². The second-order valence-electron chi connectivity index (χ2n) is 3.96. The van der Waals surface area contributed by atoms with Crippen molar-refractivity contribution in [2.75, 3.05) is 0 Å². The lowest BCUT2D eigenvalue weighted by molar-refractivity contribution is -0.108. The Morgan fingerprint density at radius 1 is 1.47 bits per heavy atom. The van der Waals surface area contributed by atoms with Crippen molar-refractivity contribution in [2.45, 2.75) is 26.8 Å². The van der Waals surface area contributed by atoms with E-state index in [1.807, 2.05) is 18.2 Å². The van der Waals surface area contributed by atoms with Gasteiger partial charge in [-0.05, 0) is 24.1 Å². The van der Waals surface area contributed by atoms with E-state index in [2.05, 4.69) is 12.0 Å². The molecule has 4 nitrogen and oxygen atoms in total. The number of Topliss-reactive ketones (excluding diaryl/α,β-unsaturated/α-hetero) is 1. The number of carbonyl (C=O) groups excluding carboxylic acids is 2. The van der Waals surface area contributed by atoms with Gasteiger partial charge in [0.2, 0.25) is 0 Å². The van der Waals surface area contributed by atoms with Crippen LogP contribution in [-0.2, 0) is 17.8 Å². The molecule has 1 aromatic heterocycles. The highest BCUT2D eigenvalue weighted by Crippen LogP contribution is 2.21. The zero-order valence-corrected chi connectivity index (χ0v) is 9.93. The molecule has 0 unspecified atom stereocenters. The molecule has 2 rings (SSSR count). The SMILES string of the molecule is CCc1ccc2c(c1)c(C(C)=O)nn2CC=O. The molecule has 0 aliphatic heterocycles. The van der Waals surface area contributed by atoms with Crippen LogP contribution < -0.4 is 0 Å². The topological polar surface area (TPSA) is 52.0 Å². The molecule has 4 heteroatoms. The van der Waals surface area contributed by atoms with Crippen molar-refractivity contribution in [2.24, 2.45) is 0 Å². The molecule has 0 N–H and O–H groups in total. The summed E-state index contributed by atoms with van der Waals surface area (Å²) in [5.41, 5.74) is 2.43. The monoisotopic (exact) mass is 230 g/mol. The normalized spacial score (nSPS) is 10.7. The van der Waals surface area contributed by atoms with Gasteiger partial charge >= 0.3 is 0 Å². The number of aryl methyl sites for hydroxylation is 1. The highest BCUT2D eigenvalue weighted by molar-refractivity contribution is 6.05. The predicted octanol–water partition coefficient (Wildman–Crippen LogP) is 2.00. The Labute approximate surface area is 99.2 Å². The van der Waals surface area contributed by atoms with Gasteiger partial charge in [-0.1, -0.05) is 13.0 Å². The zero-order valence-electron chi connectivity index (χ0n) is 9.93. The zero-order chi connectivity index (χ0) is 12.4. The first kappa shape index (κ1) is 11.5. The van der Waals surface area contributed by atoms with Crippen molar-refractivity contribution in [1.29, 1.82) is 0 Å². The highest BCUT2D eigenvalue weighted by atomic mass is 16.1. The summed E-state index contributed by atoms with van der Waals surface area (Å²) in [4.78, 5) is 22.1. The summed E-state index contributed by atoms with van der Waals surface area (Å²) in [6.07, 6.45) is 1.69. The van der Waals surface area contributed by atoms with Crippen molar-refractivity contribution in [3.8, 4) is 0 Å². The van der Waals surface area contributed by atoms with E-state index in [1.165, 1.54) is 6.92 Å². The summed E-state index contributed by atoms with van der Waals surface area (Å²) in [5, 5.41) is 5.02. The number of ketones is 1. The molecular weight excluding hydrogens is 216 g/mol. The lowest BCUT2D eigenvalue weighted by Gasteiger charge is -1.99. The fraction of sp³-hybridized carbons (Fsp3) is 0.308. The van der Waals surface area contributed by atoms with Crippen molar-refractivity contribution in [1.82, 2.24) is 9.78 Å². The lowest BCUT2D eigenvalue weighted by atomic mass is 10.1. The van der Waals surface area contributed by atoms with E-state index in [1.54, 1.807) is 4.68 Å². The van der Waals surface area contributed by atoms with Gasteiger partial charge in [0, 0.05) is 12.3 Å². The maximum atomic E-state index is 11.5. The molecule has 17 heavy (non-hydrogen) atoms. The fourth-order valence-electron chi connectivity index (χ4n) is 1.92. The quantitative estimate of drug-likeness (QED) is 0.596. The number of hydrogen-bond donors (Lipinski definition) is 0. The van der Waals surface area contributed by atoms with Crippen molar-refractivity contribution in [3.63, 3.8) is 0 Å². The van der Waals surface area contributed by atoms with Crippen LogP contribution in [0, 0.1) is 0 Å². The Bertz CT molecular complexity index is 584. The summed E-state index contributed by atoms with van der Waals surface area (Å²) >= 11 is 0. The van der Waals surface area contributed by atoms with Gasteiger partial charge in [-0.25, -0.2) is 0 Å². The second kappa shape index (κ2) is 4.49. The van der Waals surface area contributed by atoms with Gasteiger partial charge in [0.1, 0.15) is 12.0 Å². The summed E-state index contributed by atoms with van der Waals surface area (Å²) in [6, 6.07) is 5.88. The van der Waals surface area contributed by atoms with Gasteiger partial charge in [0.15, 0.2) is 5.78 Å². The molecule has 0 fully saturated rings. The third kappa shape index (κ3) is 1.98. The molecule has 0 saturated carbocycles. The third-order valence-corrected chi connectivity index (χ3v) is 2.80. The molecule has 0 radical (unpaired) electrons. The molecule has 0 amide bonds. The Balaban J connectivity index is 2.71. The van der Waals surface area contributed by atoms with Crippen LogP contribution in [0.1, 0.15) is 29.9 Å². The van der Waals surface area contributed by atoms with Crippen LogP contribution in [0.4, 0.5) is 0 Å². The van der Waals surface area contributed by atoms with E-state index in [0.717, 1.165) is 29.2 Å². The number of aldehydes is 1. The first-order valence-corrected chi connectivity index (χ1v) is 5.61. The number of hydrogen-bond acceptors (Lipinski definition) is 3. The van der Waals surface area contributed by atoms with E-state index >= 15 is 0 Å². The van der Waals surface area contributed by atoms with Gasteiger partial charge in [-0.15, -0.1) is 0 Å². The number of fused-ring (bicyclic) bond motifs is 1. The van der Waals surface area contributed by atoms with E-state index in [-0.39, 0.29) is 12.3 Å². The molecule has 0 atom stereocenters. The first-order valence-electron chi connectivity index (χ1n) is 5.61. The maximum absolute atomic E-state index is 11.5. The first-order chi connectivity index (χ1) is 8.17. The third-order valence-electron chi connectivity index (χ3n) is 2.80. The van der Waals surface area contributed by atoms with Crippen LogP contribution in [-0.4, -0.2) is 21.8 Å².